The summed E-state index contributed by atoms with van der Waals surface area (Å²) in [6, 6.07) is 2.99. The number of anilines is 1. The normalized spacial score (nSPS) is 19.7. The predicted molar refractivity (Wildman–Crippen MR) is 156 cm³/mol. The minimum absolute atomic E-state index is 0. The fourth-order valence-electron chi connectivity index (χ4n) is 5.23. The van der Waals surface area contributed by atoms with Gasteiger partial charge in [-0.1, -0.05) is 0 Å². The van der Waals surface area contributed by atoms with Crippen LogP contribution in [0.3, 0.4) is 0 Å². The number of carbonyl (C=O) groups excluding carboxylic acids is 4. The standard InChI is InChI=1S/C29H36N4O10.Sn/c1-3-42-29(41)32-10-8-31(9-11-32)26(37)23(5-7-25(35)36)30-28(40)33-16-22(43-21-14-20(15-21)27(38)39)13-19-12-18(17(2)34)4-6-24(19)33;/h4,6,12,16,20-21,23H,3,5,7-11,13-15H2,1-2H3,(H,30,40)(H,35,36)(H,38,39);. The topological polar surface area (TPSA) is 183 Å². The summed E-state index contributed by atoms with van der Waals surface area (Å²) >= 11 is 0. The summed E-state index contributed by atoms with van der Waals surface area (Å²) in [6.45, 7) is 4.19. The Balaban J connectivity index is 0.00000529. The largest absolute Gasteiger partial charge is 0.493 e. The quantitative estimate of drug-likeness (QED) is 0.238. The van der Waals surface area contributed by atoms with Gasteiger partial charge in [-0.05, 0) is 56.9 Å². The number of amides is 4. The van der Waals surface area contributed by atoms with Gasteiger partial charge in [-0.2, -0.15) is 0 Å². The van der Waals surface area contributed by atoms with E-state index in [4.69, 9.17) is 9.47 Å². The number of rotatable bonds is 10. The molecular weight excluding hydrogens is 683 g/mol. The number of aliphatic carboxylic acids is 2. The molecule has 1 atom stereocenters. The molecule has 15 heteroatoms. The Hall–Kier alpha value is -3.82. The number of nitrogens with zero attached hydrogens (tertiary/aromatic N) is 3. The molecule has 1 aromatic carbocycles. The number of ether oxygens (including phenoxy) is 2. The summed E-state index contributed by atoms with van der Waals surface area (Å²) in [7, 11) is 0. The molecule has 1 saturated carbocycles. The monoisotopic (exact) mass is 720 g/mol. The summed E-state index contributed by atoms with van der Waals surface area (Å²) < 4.78 is 11.0. The van der Waals surface area contributed by atoms with Gasteiger partial charge in [0.15, 0.2) is 5.78 Å². The number of carbonyl (C=O) groups is 6. The van der Waals surface area contributed by atoms with E-state index in [0.717, 1.165) is 0 Å². The van der Waals surface area contributed by atoms with Crippen molar-refractivity contribution in [3.63, 3.8) is 0 Å². The first-order valence-corrected chi connectivity index (χ1v) is 14.2. The number of piperazine rings is 1. The first-order valence-electron chi connectivity index (χ1n) is 14.2. The average molecular weight is 719 g/mol. The van der Waals surface area contributed by atoms with Crippen molar-refractivity contribution in [1.29, 1.82) is 0 Å². The number of hydrogen-bond acceptors (Lipinski definition) is 8. The van der Waals surface area contributed by atoms with Crippen LogP contribution in [0.25, 0.3) is 0 Å². The predicted octanol–water partition coefficient (Wildman–Crippen LogP) is 1.84. The molecule has 2 heterocycles. The van der Waals surface area contributed by atoms with E-state index in [9.17, 15) is 39.0 Å². The number of urea groups is 1. The molecule has 4 rings (SSSR count). The molecule has 1 saturated heterocycles. The minimum atomic E-state index is -1.17. The van der Waals surface area contributed by atoms with Gasteiger partial charge in [0.05, 0.1) is 30.5 Å². The second kappa shape index (κ2) is 15.3. The second-order valence-electron chi connectivity index (χ2n) is 10.7. The Morgan fingerprint density at radius 2 is 1.68 bits per heavy atom. The molecule has 0 spiro atoms. The van der Waals surface area contributed by atoms with Crippen LogP contribution in [0.5, 0.6) is 0 Å². The number of fused-ring (bicyclic) bond motifs is 1. The maximum Gasteiger partial charge on any atom is 0.409 e. The number of carboxylic acids is 2. The molecule has 2 fully saturated rings. The van der Waals surface area contributed by atoms with E-state index >= 15 is 0 Å². The van der Waals surface area contributed by atoms with Gasteiger partial charge in [-0.3, -0.25) is 24.1 Å². The third-order valence-electron chi connectivity index (χ3n) is 7.72. The zero-order chi connectivity index (χ0) is 31.3. The molecule has 1 aliphatic carbocycles. The van der Waals surface area contributed by atoms with E-state index in [1.165, 1.54) is 27.8 Å². The molecular formula is C29H36N4O10Sn. The van der Waals surface area contributed by atoms with Crippen molar-refractivity contribution in [1.82, 2.24) is 15.1 Å². The van der Waals surface area contributed by atoms with Crippen LogP contribution >= 0.6 is 0 Å². The van der Waals surface area contributed by atoms with Crippen LogP contribution in [0.1, 0.15) is 55.5 Å². The van der Waals surface area contributed by atoms with Gasteiger partial charge in [-0.25, -0.2) is 9.59 Å². The van der Waals surface area contributed by atoms with E-state index < -0.39 is 41.9 Å². The van der Waals surface area contributed by atoms with Crippen LogP contribution in [-0.4, -0.2) is 125 Å². The summed E-state index contributed by atoms with van der Waals surface area (Å²) in [5, 5.41) is 21.2. The van der Waals surface area contributed by atoms with Gasteiger partial charge in [0.1, 0.15) is 11.8 Å². The zero-order valence-corrected chi connectivity index (χ0v) is 27.5. The van der Waals surface area contributed by atoms with Crippen LogP contribution in [0.4, 0.5) is 15.3 Å². The molecule has 0 aromatic heterocycles. The van der Waals surface area contributed by atoms with Crippen LogP contribution in [-0.2, 0) is 30.3 Å². The molecule has 4 amide bonds. The van der Waals surface area contributed by atoms with E-state index in [0.29, 0.717) is 35.4 Å². The first kappa shape index (κ1) is 34.7. The molecule has 44 heavy (non-hydrogen) atoms. The van der Waals surface area contributed by atoms with Gasteiger partial charge >= 0.3 is 24.1 Å². The van der Waals surface area contributed by atoms with E-state index in [2.05, 4.69) is 5.32 Å². The van der Waals surface area contributed by atoms with Crippen molar-refractivity contribution in [2.24, 2.45) is 5.92 Å². The van der Waals surface area contributed by atoms with Crippen LogP contribution in [0, 0.1) is 5.92 Å². The summed E-state index contributed by atoms with van der Waals surface area (Å²) in [6.07, 6.45) is 1.04. The summed E-state index contributed by atoms with van der Waals surface area (Å²) in [4.78, 5) is 78.0. The van der Waals surface area contributed by atoms with Crippen LogP contribution in [0.15, 0.2) is 30.2 Å². The fourth-order valence-corrected chi connectivity index (χ4v) is 5.23. The van der Waals surface area contributed by atoms with Crippen LogP contribution < -0.4 is 10.2 Å². The average Bonchev–Trinajstić information content (AvgIpc) is 2.95. The number of ketones is 1. The maximum atomic E-state index is 13.7. The van der Waals surface area contributed by atoms with E-state index in [-0.39, 0.29) is 87.8 Å². The Bertz CT molecular complexity index is 1320. The first-order chi connectivity index (χ1) is 20.5. The molecule has 3 aliphatic rings. The number of nitrogens with one attached hydrogen (secondary N) is 1. The van der Waals surface area contributed by atoms with Crippen molar-refractivity contribution >= 4 is 65.3 Å². The summed E-state index contributed by atoms with van der Waals surface area (Å²) in [5.41, 5.74) is 1.52. The van der Waals surface area contributed by atoms with Gasteiger partial charge < -0.3 is 34.8 Å². The Kier molecular flexibility index (Phi) is 12.0. The molecule has 1 unspecified atom stereocenters. The third-order valence-corrected chi connectivity index (χ3v) is 7.72. The minimum Gasteiger partial charge on any atom is -0.493 e. The molecule has 2 aliphatic heterocycles. The molecule has 0 bridgehead atoms. The van der Waals surface area contributed by atoms with Crippen molar-refractivity contribution in [3.8, 4) is 0 Å². The molecule has 4 radical (unpaired) electrons. The van der Waals surface area contributed by atoms with Gasteiger partial charge in [0.2, 0.25) is 5.91 Å². The van der Waals surface area contributed by atoms with Gasteiger partial charge in [0.25, 0.3) is 0 Å². The molecule has 3 N–H and O–H groups in total. The SMILES string of the molecule is CCOC(=O)N1CCN(C(=O)C(CCC(=O)O)NC(=O)N2C=C(OC3CC(C(=O)O)C3)Cc3cc(C(C)=O)ccc32)CC1.[Sn]. The molecule has 1 aromatic rings. The maximum absolute atomic E-state index is 13.7. The van der Waals surface area contributed by atoms with Gasteiger partial charge in [-0.15, -0.1) is 0 Å². The zero-order valence-electron chi connectivity index (χ0n) is 24.6. The molecule has 236 valence electrons. The third kappa shape index (κ3) is 8.42. The Morgan fingerprint density at radius 1 is 1.02 bits per heavy atom. The van der Waals surface area contributed by atoms with Crippen molar-refractivity contribution in [2.75, 3.05) is 37.7 Å². The van der Waals surface area contributed by atoms with Crippen molar-refractivity contribution in [3.05, 3.63) is 41.3 Å². The number of carboxylic acid groups (broad SMARTS) is 2. The summed E-state index contributed by atoms with van der Waals surface area (Å²) in [5.74, 6) is -2.77. The second-order valence-corrected chi connectivity index (χ2v) is 10.7. The van der Waals surface area contributed by atoms with E-state index in [1.54, 1.807) is 25.1 Å². The number of hydrogen-bond donors (Lipinski definition) is 3. The number of benzene rings is 1. The van der Waals surface area contributed by atoms with Crippen molar-refractivity contribution < 1.29 is 48.5 Å². The van der Waals surface area contributed by atoms with Crippen LogP contribution in [0.2, 0.25) is 0 Å². The Labute approximate surface area is 271 Å². The smallest absolute Gasteiger partial charge is 0.409 e. The number of Topliss-reactive ketones (excluding diaryl/α,β-unsaturated/α-hetero) is 1. The number of allylic oxidation sites excluding steroid dienone is 1. The van der Waals surface area contributed by atoms with Crippen molar-refractivity contribution in [2.45, 2.75) is 58.1 Å². The van der Waals surface area contributed by atoms with E-state index in [1.807, 2.05) is 0 Å². The molecule has 14 nitrogen and oxygen atoms in total. The fraction of sp³-hybridized carbons (Fsp3) is 0.517. The Morgan fingerprint density at radius 3 is 2.27 bits per heavy atom. The van der Waals surface area contributed by atoms with Gasteiger partial charge in [0, 0.05) is 68.5 Å².